The molecule has 37 heavy (non-hydrogen) atoms. The minimum Gasteiger partial charge on any atom is -0.486 e. The molecule has 0 saturated carbocycles. The lowest BCUT2D eigenvalue weighted by Crippen LogP contribution is -2.49. The molecule has 0 atom stereocenters. The summed E-state index contributed by atoms with van der Waals surface area (Å²) in [4.78, 5) is 4.47. The third kappa shape index (κ3) is 4.84. The van der Waals surface area contributed by atoms with E-state index in [0.29, 0.717) is 29.4 Å². The minimum atomic E-state index is -4.78. The van der Waals surface area contributed by atoms with Gasteiger partial charge < -0.3 is 24.6 Å². The quantitative estimate of drug-likeness (QED) is 0.537. The van der Waals surface area contributed by atoms with Gasteiger partial charge in [0.05, 0.1) is 6.54 Å². The molecule has 3 aromatic rings. The third-order valence-electron chi connectivity index (χ3n) is 7.47. The molecule has 0 aliphatic carbocycles. The number of nitrogens with one attached hydrogen (secondary N) is 1. The van der Waals surface area contributed by atoms with E-state index in [1.807, 2.05) is 7.05 Å². The first-order chi connectivity index (χ1) is 17.3. The summed E-state index contributed by atoms with van der Waals surface area (Å²) in [5.74, 6) is 1.39. The van der Waals surface area contributed by atoms with Crippen molar-refractivity contribution in [3.63, 3.8) is 0 Å². The van der Waals surface area contributed by atoms with Crippen molar-refractivity contribution in [1.29, 1.82) is 0 Å². The molecule has 1 N–H and O–H groups in total. The molecule has 200 valence electrons. The molecule has 0 amide bonds. The van der Waals surface area contributed by atoms with Crippen LogP contribution in [0.1, 0.15) is 25.7 Å². The van der Waals surface area contributed by atoms with E-state index < -0.39 is 6.36 Å². The molecular weight excluding hydrogens is 511 g/mol. The molecule has 6 rings (SSSR count). The third-order valence-corrected chi connectivity index (χ3v) is 7.47. The number of nitrogens with zero attached hydrogens (tertiary/aromatic N) is 6. The maximum Gasteiger partial charge on any atom is 0.573 e. The topological polar surface area (TPSA) is 80.1 Å². The van der Waals surface area contributed by atoms with Crippen LogP contribution in [0.3, 0.4) is 0 Å². The van der Waals surface area contributed by atoms with Crippen LogP contribution in [0.15, 0.2) is 24.3 Å². The number of piperidine rings is 2. The van der Waals surface area contributed by atoms with E-state index in [2.05, 4.69) is 30.1 Å². The number of hydrogen-bond donors (Lipinski definition) is 1. The highest BCUT2D eigenvalue weighted by Crippen LogP contribution is 2.45. The van der Waals surface area contributed by atoms with Crippen LogP contribution in [0.5, 0.6) is 11.5 Å². The number of ether oxygens (including phenoxy) is 2. The second-order valence-corrected chi connectivity index (χ2v) is 9.88. The van der Waals surface area contributed by atoms with Crippen molar-refractivity contribution in [3.8, 4) is 22.9 Å². The first kappa shape index (κ1) is 25.7. The smallest absolute Gasteiger partial charge is 0.486 e. The second kappa shape index (κ2) is 9.71. The predicted octanol–water partition coefficient (Wildman–Crippen LogP) is 3.91. The summed E-state index contributed by atoms with van der Waals surface area (Å²) in [5.41, 5.74) is 1.99. The van der Waals surface area contributed by atoms with Gasteiger partial charge in [-0.1, -0.05) is 12.1 Å². The monoisotopic (exact) mass is 539 g/mol. The summed E-state index contributed by atoms with van der Waals surface area (Å²) in [7, 11) is 2.02. The van der Waals surface area contributed by atoms with E-state index in [1.54, 1.807) is 10.6 Å². The van der Waals surface area contributed by atoms with Crippen molar-refractivity contribution in [3.05, 3.63) is 24.3 Å². The zero-order valence-electron chi connectivity index (χ0n) is 20.4. The van der Waals surface area contributed by atoms with Crippen molar-refractivity contribution >= 4 is 29.6 Å². The molecule has 2 aromatic heterocycles. The molecule has 9 nitrogen and oxygen atoms in total. The van der Waals surface area contributed by atoms with Gasteiger partial charge in [-0.25, -0.2) is 0 Å². The number of hydrogen-bond acceptors (Lipinski definition) is 8. The predicted molar refractivity (Wildman–Crippen MR) is 135 cm³/mol. The van der Waals surface area contributed by atoms with Crippen molar-refractivity contribution < 1.29 is 22.6 Å². The van der Waals surface area contributed by atoms with Crippen LogP contribution in [0.25, 0.3) is 17.0 Å². The van der Waals surface area contributed by atoms with Gasteiger partial charge in [0.25, 0.3) is 0 Å². The van der Waals surface area contributed by atoms with Crippen LogP contribution >= 0.6 is 12.4 Å². The average Bonchev–Trinajstić information content (AvgIpc) is 3.28. The summed E-state index contributed by atoms with van der Waals surface area (Å²) < 4.78 is 50.2. The lowest BCUT2D eigenvalue weighted by Gasteiger charge is -2.46. The van der Waals surface area contributed by atoms with Crippen molar-refractivity contribution in [2.75, 3.05) is 56.2 Å². The van der Waals surface area contributed by atoms with E-state index in [1.165, 1.54) is 24.6 Å². The molecule has 3 aliphatic heterocycles. The highest BCUT2D eigenvalue weighted by molar-refractivity contribution is 5.85. The number of anilines is 2. The Bertz CT molecular complexity index is 1270. The van der Waals surface area contributed by atoms with E-state index in [0.717, 1.165) is 63.5 Å². The second-order valence-electron chi connectivity index (χ2n) is 9.88. The Morgan fingerprint density at radius 2 is 1.92 bits per heavy atom. The number of benzene rings is 1. The molecule has 1 aromatic carbocycles. The number of aromatic nitrogens is 4. The van der Waals surface area contributed by atoms with Gasteiger partial charge in [0.2, 0.25) is 5.65 Å². The highest BCUT2D eigenvalue weighted by Gasteiger charge is 2.39. The lowest BCUT2D eigenvalue weighted by atomic mass is 9.73. The number of alkyl halides is 3. The maximum atomic E-state index is 12.8. The highest BCUT2D eigenvalue weighted by atomic mass is 35.5. The Hall–Kier alpha value is -2.99. The van der Waals surface area contributed by atoms with Gasteiger partial charge in [0, 0.05) is 25.7 Å². The molecule has 2 fully saturated rings. The van der Waals surface area contributed by atoms with E-state index in [9.17, 15) is 13.2 Å². The Morgan fingerprint density at radius 3 is 2.70 bits per heavy atom. The normalized spacial score (nSPS) is 19.4. The van der Waals surface area contributed by atoms with Crippen LogP contribution < -0.4 is 24.6 Å². The zero-order chi connectivity index (χ0) is 24.9. The maximum absolute atomic E-state index is 12.8. The first-order valence-corrected chi connectivity index (χ1v) is 12.3. The summed E-state index contributed by atoms with van der Waals surface area (Å²) in [5, 5.41) is 17.1. The van der Waals surface area contributed by atoms with E-state index >= 15 is 0 Å². The Morgan fingerprint density at radius 1 is 1.11 bits per heavy atom. The fourth-order valence-electron chi connectivity index (χ4n) is 5.72. The van der Waals surface area contributed by atoms with Crippen molar-refractivity contribution in [2.45, 2.75) is 32.0 Å². The van der Waals surface area contributed by atoms with Crippen LogP contribution in [-0.2, 0) is 0 Å². The Labute approximate surface area is 218 Å². The van der Waals surface area contributed by atoms with E-state index in [-0.39, 0.29) is 23.6 Å². The van der Waals surface area contributed by atoms with Gasteiger partial charge in [-0.05, 0) is 56.3 Å². The largest absolute Gasteiger partial charge is 0.573 e. The first-order valence-electron chi connectivity index (χ1n) is 12.3. The Balaban J connectivity index is 0.00000280. The minimum absolute atomic E-state index is 0. The fourth-order valence-corrected chi connectivity index (χ4v) is 5.72. The lowest BCUT2D eigenvalue weighted by molar-refractivity contribution is -0.274. The summed E-state index contributed by atoms with van der Waals surface area (Å²) in [6, 6.07) is 5.71. The molecule has 5 heterocycles. The molecular formula is C24H29ClF3N7O2. The molecule has 2 saturated heterocycles. The van der Waals surface area contributed by atoms with Gasteiger partial charge in [0.1, 0.15) is 18.0 Å². The average molecular weight is 540 g/mol. The SMILES string of the molecule is CN1CCOc2c1c(N1CCCC3(CCNCC3)C1)nn1c(-c3cccc(OC(F)(F)F)c3)nnc21.Cl. The number of fused-ring (bicyclic) bond motifs is 3. The summed E-state index contributed by atoms with van der Waals surface area (Å²) in [6.07, 6.45) is -0.252. The van der Waals surface area contributed by atoms with Gasteiger partial charge in [-0.3, -0.25) is 0 Å². The zero-order valence-corrected chi connectivity index (χ0v) is 21.2. The summed E-state index contributed by atoms with van der Waals surface area (Å²) >= 11 is 0. The van der Waals surface area contributed by atoms with E-state index in [4.69, 9.17) is 9.84 Å². The molecule has 0 radical (unpaired) electrons. The Kier molecular flexibility index (Phi) is 6.73. The van der Waals surface area contributed by atoms with Gasteiger partial charge in [0.15, 0.2) is 17.4 Å². The molecule has 13 heteroatoms. The number of halogens is 4. The van der Waals surface area contributed by atoms with Gasteiger partial charge in [-0.15, -0.1) is 40.9 Å². The molecule has 0 unspecified atom stereocenters. The van der Waals surface area contributed by atoms with Crippen LogP contribution in [0.4, 0.5) is 24.7 Å². The van der Waals surface area contributed by atoms with Crippen molar-refractivity contribution in [1.82, 2.24) is 25.1 Å². The van der Waals surface area contributed by atoms with Crippen molar-refractivity contribution in [2.24, 2.45) is 5.41 Å². The van der Waals surface area contributed by atoms with Gasteiger partial charge in [-0.2, -0.15) is 4.52 Å². The van der Waals surface area contributed by atoms with Gasteiger partial charge >= 0.3 is 6.36 Å². The molecule has 0 bridgehead atoms. The molecule has 3 aliphatic rings. The van der Waals surface area contributed by atoms with Crippen LogP contribution in [0.2, 0.25) is 0 Å². The molecule has 1 spiro atoms. The number of rotatable bonds is 3. The van der Waals surface area contributed by atoms with Crippen LogP contribution in [-0.4, -0.2) is 72.6 Å². The fraction of sp³-hybridized carbons (Fsp3) is 0.542. The standard InChI is InChI=1S/C24H28F3N7O2.ClH/c1-32-12-13-35-19-18(32)21(33-11-3-6-23(15-33)7-9-28-10-8-23)31-34-20(29-30-22(19)34)16-4-2-5-17(14-16)36-24(25,26)27;/h2,4-5,14,28H,3,6-13,15H2,1H3;1H. The van der Waals surface area contributed by atoms with Crippen LogP contribution in [0, 0.1) is 5.41 Å². The summed E-state index contributed by atoms with van der Waals surface area (Å²) in [6.45, 7) is 5.04. The number of likely N-dealkylation sites (N-methyl/N-ethyl adjacent to an activating group) is 1.